The zero-order valence-corrected chi connectivity index (χ0v) is 4.60. The summed E-state index contributed by atoms with van der Waals surface area (Å²) in [5.41, 5.74) is 0. The molecule has 7 heteroatoms. The fraction of sp³-hybridized carbons (Fsp3) is 1.00. The summed E-state index contributed by atoms with van der Waals surface area (Å²) in [5, 5.41) is 7.68. The Bertz CT molecular complexity index is 152. The standard InChI is InChI=1S/C2H5FO4S.Na.H/c3-2(4)1-8(5,6)7;;/h2,4H,1H2,(H,5,6,7);;. The van der Waals surface area contributed by atoms with E-state index in [4.69, 9.17) is 9.66 Å². The van der Waals surface area contributed by atoms with E-state index in [9.17, 15) is 12.8 Å². The minimum atomic E-state index is -4.35. The second-order valence-corrected chi connectivity index (χ2v) is 2.68. The third-order valence-corrected chi connectivity index (χ3v) is 1.04. The van der Waals surface area contributed by atoms with Gasteiger partial charge in [-0.3, -0.25) is 4.55 Å². The molecule has 0 spiro atoms. The molecule has 52 valence electrons. The predicted octanol–water partition coefficient (Wildman–Crippen LogP) is -1.49. The molecule has 0 fully saturated rings. The summed E-state index contributed by atoms with van der Waals surface area (Å²) in [7, 11) is -4.35. The quantitative estimate of drug-likeness (QED) is 0.389. The SMILES string of the molecule is O=S(=O)(O)CC(O)F.[NaH]. The van der Waals surface area contributed by atoms with Gasteiger partial charge in [0.1, 0.15) is 5.75 Å². The van der Waals surface area contributed by atoms with Gasteiger partial charge in [-0.2, -0.15) is 8.42 Å². The zero-order chi connectivity index (χ0) is 6.78. The second-order valence-electron chi connectivity index (χ2n) is 1.18. The van der Waals surface area contributed by atoms with Crippen molar-refractivity contribution in [1.29, 1.82) is 0 Å². The van der Waals surface area contributed by atoms with Crippen LogP contribution in [0.25, 0.3) is 0 Å². The van der Waals surface area contributed by atoms with Crippen molar-refractivity contribution in [2.45, 2.75) is 6.36 Å². The molecule has 0 aromatic carbocycles. The van der Waals surface area contributed by atoms with E-state index in [1.807, 2.05) is 0 Å². The Morgan fingerprint density at radius 2 is 1.89 bits per heavy atom. The monoisotopic (exact) mass is 168 g/mol. The van der Waals surface area contributed by atoms with Crippen LogP contribution < -0.4 is 0 Å². The van der Waals surface area contributed by atoms with E-state index >= 15 is 0 Å². The zero-order valence-electron chi connectivity index (χ0n) is 3.78. The molecule has 9 heavy (non-hydrogen) atoms. The number of hydrogen-bond acceptors (Lipinski definition) is 3. The number of rotatable bonds is 2. The number of alkyl halides is 1. The van der Waals surface area contributed by atoms with Gasteiger partial charge in [-0.05, 0) is 0 Å². The molecule has 0 radical (unpaired) electrons. The van der Waals surface area contributed by atoms with Crippen LogP contribution in [0.2, 0.25) is 0 Å². The molecule has 0 aliphatic rings. The molecular weight excluding hydrogens is 162 g/mol. The van der Waals surface area contributed by atoms with Crippen LogP contribution in [-0.4, -0.2) is 59.7 Å². The van der Waals surface area contributed by atoms with Crippen molar-refractivity contribution in [1.82, 2.24) is 0 Å². The van der Waals surface area contributed by atoms with Gasteiger partial charge >= 0.3 is 29.6 Å². The molecule has 1 atom stereocenters. The van der Waals surface area contributed by atoms with Crippen LogP contribution in [0.4, 0.5) is 4.39 Å². The van der Waals surface area contributed by atoms with Crippen LogP contribution >= 0.6 is 0 Å². The van der Waals surface area contributed by atoms with Crippen molar-refractivity contribution in [3.05, 3.63) is 0 Å². The van der Waals surface area contributed by atoms with Gasteiger partial charge in [0.15, 0.2) is 0 Å². The van der Waals surface area contributed by atoms with E-state index < -0.39 is 22.2 Å². The molecule has 0 aliphatic heterocycles. The molecule has 1 unspecified atom stereocenters. The van der Waals surface area contributed by atoms with Gasteiger partial charge in [-0.1, -0.05) is 0 Å². The molecule has 0 aliphatic carbocycles. The van der Waals surface area contributed by atoms with Gasteiger partial charge in [0.25, 0.3) is 10.1 Å². The summed E-state index contributed by atoms with van der Waals surface area (Å²) in [4.78, 5) is 0. The summed E-state index contributed by atoms with van der Waals surface area (Å²) in [6.45, 7) is 0. The number of halogens is 1. The van der Waals surface area contributed by atoms with Gasteiger partial charge in [0.05, 0.1) is 0 Å². The Hall–Kier alpha value is 0.800. The van der Waals surface area contributed by atoms with Crippen molar-refractivity contribution >= 4 is 39.7 Å². The van der Waals surface area contributed by atoms with Gasteiger partial charge < -0.3 is 5.11 Å². The second kappa shape index (κ2) is 4.59. The van der Waals surface area contributed by atoms with Crippen molar-refractivity contribution in [2.75, 3.05) is 5.75 Å². The topological polar surface area (TPSA) is 74.6 Å². The first-order valence-corrected chi connectivity index (χ1v) is 3.30. The average Bonchev–Trinajstić information content (AvgIpc) is 1.21. The van der Waals surface area contributed by atoms with Crippen molar-refractivity contribution in [3.63, 3.8) is 0 Å². The first-order chi connectivity index (χ1) is 3.42. The Morgan fingerprint density at radius 1 is 1.56 bits per heavy atom. The summed E-state index contributed by atoms with van der Waals surface area (Å²) >= 11 is 0. The molecule has 4 nitrogen and oxygen atoms in total. The molecule has 0 saturated carbocycles. The third kappa shape index (κ3) is 12.1. The normalized spacial score (nSPS) is 14.1. The summed E-state index contributed by atoms with van der Waals surface area (Å²) in [6.07, 6.45) is -2.50. The molecule has 0 aromatic heterocycles. The van der Waals surface area contributed by atoms with Crippen LogP contribution in [0.3, 0.4) is 0 Å². The third-order valence-electron chi connectivity index (χ3n) is 0.348. The minimum absolute atomic E-state index is 0. The first kappa shape index (κ1) is 12.5. The van der Waals surface area contributed by atoms with Crippen LogP contribution in [0.5, 0.6) is 0 Å². The van der Waals surface area contributed by atoms with Crippen molar-refractivity contribution in [2.24, 2.45) is 0 Å². The molecule has 0 bridgehead atoms. The Morgan fingerprint density at radius 3 is 1.89 bits per heavy atom. The van der Waals surface area contributed by atoms with E-state index in [1.54, 1.807) is 0 Å². The van der Waals surface area contributed by atoms with Crippen LogP contribution in [0.1, 0.15) is 0 Å². The van der Waals surface area contributed by atoms with Crippen LogP contribution in [-0.2, 0) is 10.1 Å². The molecule has 0 heterocycles. The van der Waals surface area contributed by atoms with E-state index in [-0.39, 0.29) is 29.6 Å². The molecular formula is C2H6FNaO4S. The fourth-order valence-corrected chi connectivity index (χ4v) is 0.521. The molecule has 0 amide bonds. The Labute approximate surface area is 74.1 Å². The van der Waals surface area contributed by atoms with Gasteiger partial charge in [0.2, 0.25) is 6.36 Å². The molecule has 0 saturated heterocycles. The predicted molar refractivity (Wildman–Crippen MR) is 30.7 cm³/mol. The molecule has 0 rings (SSSR count). The molecule has 0 aromatic rings. The first-order valence-electron chi connectivity index (χ1n) is 1.69. The van der Waals surface area contributed by atoms with E-state index in [0.717, 1.165) is 0 Å². The summed E-state index contributed by atoms with van der Waals surface area (Å²) in [6, 6.07) is 0. The van der Waals surface area contributed by atoms with Crippen LogP contribution in [0, 0.1) is 0 Å². The number of hydrogen-bond donors (Lipinski definition) is 2. The van der Waals surface area contributed by atoms with Gasteiger partial charge in [0, 0.05) is 0 Å². The summed E-state index contributed by atoms with van der Waals surface area (Å²) < 4.78 is 38.2. The van der Waals surface area contributed by atoms with Gasteiger partial charge in [-0.15, -0.1) is 0 Å². The maximum absolute atomic E-state index is 11.2. The van der Waals surface area contributed by atoms with Crippen molar-refractivity contribution in [3.8, 4) is 0 Å². The average molecular weight is 168 g/mol. The van der Waals surface area contributed by atoms with Crippen molar-refractivity contribution < 1.29 is 22.5 Å². The Kier molecular flexibility index (Phi) is 6.36. The van der Waals surface area contributed by atoms with E-state index in [2.05, 4.69) is 0 Å². The summed E-state index contributed by atoms with van der Waals surface area (Å²) in [5.74, 6) is -1.26. The number of aliphatic hydroxyl groups is 1. The number of aliphatic hydroxyl groups excluding tert-OH is 1. The van der Waals surface area contributed by atoms with E-state index in [1.165, 1.54) is 0 Å². The maximum atomic E-state index is 11.2. The fourth-order valence-electron chi connectivity index (χ4n) is 0.174. The van der Waals surface area contributed by atoms with E-state index in [0.29, 0.717) is 0 Å². The van der Waals surface area contributed by atoms with Gasteiger partial charge in [-0.25, -0.2) is 4.39 Å². The Balaban J connectivity index is 0. The van der Waals surface area contributed by atoms with Crippen LogP contribution in [0.15, 0.2) is 0 Å². The molecule has 2 N–H and O–H groups in total.